The largest absolute Gasteiger partial charge is 0.378 e. The van der Waals surface area contributed by atoms with E-state index in [-0.39, 0.29) is 0 Å². The van der Waals surface area contributed by atoms with Crippen molar-refractivity contribution in [2.24, 2.45) is 0 Å². The molecule has 5 heteroatoms. The van der Waals surface area contributed by atoms with Gasteiger partial charge in [0, 0.05) is 31.4 Å². The van der Waals surface area contributed by atoms with Crippen molar-refractivity contribution in [2.45, 2.75) is 44.7 Å². The fourth-order valence-electron chi connectivity index (χ4n) is 4.21. The van der Waals surface area contributed by atoms with Gasteiger partial charge in [0.2, 0.25) is 0 Å². The van der Waals surface area contributed by atoms with Crippen molar-refractivity contribution in [3.05, 3.63) is 22.9 Å². The average molecular weight is 312 g/mol. The van der Waals surface area contributed by atoms with Crippen LogP contribution in [0.3, 0.4) is 0 Å². The summed E-state index contributed by atoms with van der Waals surface area (Å²) in [5, 5.41) is 9.57. The minimum atomic E-state index is 0.414. The number of piperazine rings is 1. The number of nitrogens with zero attached hydrogens (tertiary/aromatic N) is 4. The number of morpholine rings is 1. The molecule has 0 saturated carbocycles. The highest BCUT2D eigenvalue weighted by atomic mass is 16.5. The Bertz CT molecular complexity index is 639. The SMILES string of the molecule is C[C@H]1COC[C@H]2CN(c3nc4c(cc3C#N)CCCC4)CCN21. The topological polar surface area (TPSA) is 52.4 Å². The third-order valence-electron chi connectivity index (χ3n) is 5.46. The number of pyridine rings is 1. The number of fused-ring (bicyclic) bond motifs is 2. The molecule has 2 aliphatic heterocycles. The summed E-state index contributed by atoms with van der Waals surface area (Å²) in [5.41, 5.74) is 3.23. The van der Waals surface area contributed by atoms with Crippen LogP contribution in [0.4, 0.5) is 5.82 Å². The quantitative estimate of drug-likeness (QED) is 0.790. The molecule has 23 heavy (non-hydrogen) atoms. The van der Waals surface area contributed by atoms with Gasteiger partial charge in [0.15, 0.2) is 0 Å². The first-order chi connectivity index (χ1) is 11.3. The molecule has 2 atom stereocenters. The van der Waals surface area contributed by atoms with Gasteiger partial charge in [0.05, 0.1) is 24.8 Å². The van der Waals surface area contributed by atoms with Crippen molar-refractivity contribution in [3.8, 4) is 6.07 Å². The van der Waals surface area contributed by atoms with Gasteiger partial charge in [-0.05, 0) is 44.2 Å². The molecule has 0 N–H and O–H groups in total. The van der Waals surface area contributed by atoms with Gasteiger partial charge in [-0.2, -0.15) is 5.26 Å². The van der Waals surface area contributed by atoms with Gasteiger partial charge in [-0.3, -0.25) is 4.90 Å². The lowest BCUT2D eigenvalue weighted by molar-refractivity contribution is -0.0469. The minimum Gasteiger partial charge on any atom is -0.378 e. The zero-order valence-electron chi connectivity index (χ0n) is 13.8. The van der Waals surface area contributed by atoms with Crippen molar-refractivity contribution < 1.29 is 4.74 Å². The lowest BCUT2D eigenvalue weighted by Crippen LogP contribution is -2.61. The Morgan fingerprint density at radius 3 is 3.00 bits per heavy atom. The maximum absolute atomic E-state index is 9.57. The number of anilines is 1. The molecule has 0 amide bonds. The molecule has 2 saturated heterocycles. The average Bonchev–Trinajstić information content (AvgIpc) is 2.60. The number of hydrogen-bond acceptors (Lipinski definition) is 5. The first kappa shape index (κ1) is 14.9. The van der Waals surface area contributed by atoms with Crippen LogP contribution in [0.15, 0.2) is 6.07 Å². The number of rotatable bonds is 1. The second-order valence-electron chi connectivity index (χ2n) is 7.01. The molecule has 3 aliphatic rings. The molecule has 4 rings (SSSR count). The number of hydrogen-bond donors (Lipinski definition) is 0. The molecule has 0 radical (unpaired) electrons. The molecule has 0 aromatic carbocycles. The first-order valence-electron chi connectivity index (χ1n) is 8.77. The molecular weight excluding hydrogens is 288 g/mol. The van der Waals surface area contributed by atoms with E-state index in [0.717, 1.165) is 57.1 Å². The van der Waals surface area contributed by atoms with Gasteiger partial charge in [-0.25, -0.2) is 4.98 Å². The van der Waals surface area contributed by atoms with E-state index in [0.29, 0.717) is 12.1 Å². The number of nitriles is 1. The molecule has 122 valence electrons. The van der Waals surface area contributed by atoms with E-state index in [1.807, 2.05) is 0 Å². The number of aromatic nitrogens is 1. The molecule has 1 aliphatic carbocycles. The monoisotopic (exact) mass is 312 g/mol. The fourth-order valence-corrected chi connectivity index (χ4v) is 4.21. The predicted molar refractivity (Wildman–Crippen MR) is 88.6 cm³/mol. The highest BCUT2D eigenvalue weighted by molar-refractivity contribution is 5.57. The van der Waals surface area contributed by atoms with Crippen LogP contribution >= 0.6 is 0 Å². The first-order valence-corrected chi connectivity index (χ1v) is 8.77. The Labute approximate surface area is 137 Å². The smallest absolute Gasteiger partial charge is 0.146 e. The van der Waals surface area contributed by atoms with E-state index in [4.69, 9.17) is 9.72 Å². The fraction of sp³-hybridized carbons (Fsp3) is 0.667. The van der Waals surface area contributed by atoms with E-state index < -0.39 is 0 Å². The van der Waals surface area contributed by atoms with E-state index in [2.05, 4.69) is 28.9 Å². The van der Waals surface area contributed by atoms with Gasteiger partial charge in [0.1, 0.15) is 11.9 Å². The Morgan fingerprint density at radius 2 is 2.13 bits per heavy atom. The van der Waals surface area contributed by atoms with Crippen LogP contribution < -0.4 is 4.90 Å². The predicted octanol–water partition coefficient (Wildman–Crippen LogP) is 1.74. The molecule has 2 fully saturated rings. The summed E-state index contributed by atoms with van der Waals surface area (Å²) in [6.07, 6.45) is 4.55. The Hall–Kier alpha value is -1.64. The van der Waals surface area contributed by atoms with Crippen molar-refractivity contribution in [1.82, 2.24) is 9.88 Å². The number of aryl methyl sites for hydroxylation is 2. The highest BCUT2D eigenvalue weighted by Crippen LogP contribution is 2.29. The molecular formula is C18H24N4O. The Balaban J connectivity index is 1.62. The number of ether oxygens (including phenoxy) is 1. The summed E-state index contributed by atoms with van der Waals surface area (Å²) in [5.74, 6) is 0.894. The Morgan fingerprint density at radius 1 is 1.26 bits per heavy atom. The zero-order chi connectivity index (χ0) is 15.8. The third kappa shape index (κ3) is 2.71. The normalized spacial score (nSPS) is 27.9. The summed E-state index contributed by atoms with van der Waals surface area (Å²) in [6, 6.07) is 5.36. The summed E-state index contributed by atoms with van der Waals surface area (Å²) in [7, 11) is 0. The maximum Gasteiger partial charge on any atom is 0.146 e. The van der Waals surface area contributed by atoms with Crippen molar-refractivity contribution in [1.29, 1.82) is 5.26 Å². The summed E-state index contributed by atoms with van der Waals surface area (Å²) < 4.78 is 5.73. The minimum absolute atomic E-state index is 0.414. The van der Waals surface area contributed by atoms with E-state index in [1.165, 1.54) is 24.1 Å². The molecule has 0 spiro atoms. The van der Waals surface area contributed by atoms with Crippen LogP contribution in [0.5, 0.6) is 0 Å². The van der Waals surface area contributed by atoms with Crippen molar-refractivity contribution >= 4 is 5.82 Å². The van der Waals surface area contributed by atoms with E-state index in [1.54, 1.807) is 0 Å². The standard InChI is InChI=1S/C18H24N4O/c1-13-11-23-12-16-10-21(6-7-22(13)16)18-15(9-19)8-14-4-2-3-5-17(14)20-18/h8,13,16H,2-7,10-12H2,1H3/t13-,16+/m0/s1. The van der Waals surface area contributed by atoms with Crippen molar-refractivity contribution in [3.63, 3.8) is 0 Å². The van der Waals surface area contributed by atoms with Crippen LogP contribution in [0.25, 0.3) is 0 Å². The molecule has 1 aromatic rings. The molecule has 1 aromatic heterocycles. The molecule has 5 nitrogen and oxygen atoms in total. The van der Waals surface area contributed by atoms with Gasteiger partial charge >= 0.3 is 0 Å². The lowest BCUT2D eigenvalue weighted by Gasteiger charge is -2.47. The second-order valence-corrected chi connectivity index (χ2v) is 7.01. The van der Waals surface area contributed by atoms with Gasteiger partial charge in [0.25, 0.3) is 0 Å². The van der Waals surface area contributed by atoms with Crippen LogP contribution in [0.2, 0.25) is 0 Å². The summed E-state index contributed by atoms with van der Waals surface area (Å²) in [4.78, 5) is 9.76. The molecule has 3 heterocycles. The van der Waals surface area contributed by atoms with Crippen LogP contribution in [0.1, 0.15) is 36.6 Å². The molecule has 0 unspecified atom stereocenters. The van der Waals surface area contributed by atoms with Crippen molar-refractivity contribution in [2.75, 3.05) is 37.7 Å². The lowest BCUT2D eigenvalue weighted by atomic mass is 9.94. The summed E-state index contributed by atoms with van der Waals surface area (Å²) in [6.45, 7) is 6.73. The maximum atomic E-state index is 9.57. The van der Waals surface area contributed by atoms with Crippen LogP contribution in [0, 0.1) is 11.3 Å². The Kier molecular flexibility index (Phi) is 3.96. The third-order valence-corrected chi connectivity index (χ3v) is 5.46. The van der Waals surface area contributed by atoms with E-state index in [9.17, 15) is 5.26 Å². The van der Waals surface area contributed by atoms with Gasteiger partial charge in [-0.15, -0.1) is 0 Å². The van der Waals surface area contributed by atoms with Crippen LogP contribution in [-0.4, -0.2) is 54.8 Å². The summed E-state index contributed by atoms with van der Waals surface area (Å²) >= 11 is 0. The molecule has 0 bridgehead atoms. The van der Waals surface area contributed by atoms with E-state index >= 15 is 0 Å². The van der Waals surface area contributed by atoms with Gasteiger partial charge in [-0.1, -0.05) is 0 Å². The van der Waals surface area contributed by atoms with Gasteiger partial charge < -0.3 is 9.64 Å². The highest BCUT2D eigenvalue weighted by Gasteiger charge is 2.34. The zero-order valence-corrected chi connectivity index (χ0v) is 13.8. The van der Waals surface area contributed by atoms with Crippen LogP contribution in [-0.2, 0) is 17.6 Å². The second kappa shape index (κ2) is 6.10.